The van der Waals surface area contributed by atoms with Gasteiger partial charge in [0, 0.05) is 6.42 Å². The Morgan fingerprint density at radius 1 is 1.24 bits per heavy atom. The van der Waals surface area contributed by atoms with Gasteiger partial charge in [0.1, 0.15) is 35.4 Å². The van der Waals surface area contributed by atoms with Crippen LogP contribution in [0, 0.1) is 0 Å². The summed E-state index contributed by atoms with van der Waals surface area (Å²) >= 11 is 1.63. The zero-order valence-corrected chi connectivity index (χ0v) is 18.7. The van der Waals surface area contributed by atoms with Crippen LogP contribution in [0.25, 0.3) is 0 Å². The van der Waals surface area contributed by atoms with Crippen molar-refractivity contribution in [3.63, 3.8) is 0 Å². The predicted molar refractivity (Wildman–Crippen MR) is 116 cm³/mol. The highest BCUT2D eigenvalue weighted by atomic mass is 32.1. The SMILES string of the molecule is CC[NH+]1CCc2c(sc3c2C(=O)NC(c2ccc(COc4cccc(C(F)(F)F)c4)o2)N3)C1. The largest absolute Gasteiger partial charge is 0.486 e. The molecule has 0 spiro atoms. The summed E-state index contributed by atoms with van der Waals surface area (Å²) in [6.45, 7) is 5.15. The van der Waals surface area contributed by atoms with Crippen LogP contribution in [0.2, 0.25) is 0 Å². The summed E-state index contributed by atoms with van der Waals surface area (Å²) in [7, 11) is 0. The van der Waals surface area contributed by atoms with E-state index in [1.807, 2.05) is 0 Å². The lowest BCUT2D eigenvalue weighted by atomic mass is 10.0. The molecule has 2 aliphatic rings. The molecule has 174 valence electrons. The Labute approximate surface area is 192 Å². The third kappa shape index (κ3) is 4.32. The minimum Gasteiger partial charge on any atom is -0.486 e. The van der Waals surface area contributed by atoms with Crippen molar-refractivity contribution in [2.45, 2.75) is 38.8 Å². The number of hydrogen-bond acceptors (Lipinski definition) is 5. The normalized spacial score (nSPS) is 19.9. The molecule has 0 saturated heterocycles. The van der Waals surface area contributed by atoms with E-state index in [0.717, 1.165) is 54.3 Å². The monoisotopic (exact) mass is 478 g/mol. The molecule has 2 atom stereocenters. The van der Waals surface area contributed by atoms with Crippen molar-refractivity contribution in [1.82, 2.24) is 5.32 Å². The Bertz CT molecular complexity index is 1190. The molecule has 33 heavy (non-hydrogen) atoms. The number of ether oxygens (including phenoxy) is 1. The van der Waals surface area contributed by atoms with E-state index in [-0.39, 0.29) is 18.3 Å². The predicted octanol–water partition coefficient (Wildman–Crippen LogP) is 3.75. The van der Waals surface area contributed by atoms with E-state index in [0.29, 0.717) is 11.5 Å². The summed E-state index contributed by atoms with van der Waals surface area (Å²) in [5.74, 6) is 0.925. The van der Waals surface area contributed by atoms with Gasteiger partial charge in [-0.15, -0.1) is 11.3 Å². The van der Waals surface area contributed by atoms with Crippen molar-refractivity contribution in [1.29, 1.82) is 0 Å². The maximum Gasteiger partial charge on any atom is 0.416 e. The molecule has 3 aromatic rings. The molecule has 2 unspecified atom stereocenters. The van der Waals surface area contributed by atoms with Gasteiger partial charge in [-0.1, -0.05) is 6.07 Å². The number of likely N-dealkylation sites (N-methyl/N-ethyl adjacent to an activating group) is 1. The van der Waals surface area contributed by atoms with Crippen molar-refractivity contribution < 1.29 is 32.0 Å². The van der Waals surface area contributed by atoms with Gasteiger partial charge in [0.05, 0.1) is 29.1 Å². The van der Waals surface area contributed by atoms with E-state index >= 15 is 0 Å². The van der Waals surface area contributed by atoms with E-state index in [2.05, 4.69) is 17.6 Å². The standard InChI is InChI=1S/C23H22F3N3O3S/c1-2-29-9-8-16-18(11-29)33-22-19(16)21(30)27-20(28-22)17-7-6-15(32-17)12-31-14-5-3-4-13(10-14)23(24,25)26/h3-7,10,20,28H,2,8-9,11-12H2,1H3,(H,27,30)/p+1. The molecule has 0 aliphatic carbocycles. The zero-order valence-electron chi connectivity index (χ0n) is 17.8. The smallest absolute Gasteiger partial charge is 0.416 e. The average Bonchev–Trinajstić information content (AvgIpc) is 3.41. The number of halogens is 3. The first-order chi connectivity index (χ1) is 15.8. The second kappa shape index (κ2) is 8.42. The molecule has 2 aliphatic heterocycles. The summed E-state index contributed by atoms with van der Waals surface area (Å²) in [4.78, 5) is 15.6. The Balaban J connectivity index is 1.28. The number of amides is 1. The number of alkyl halides is 3. The summed E-state index contributed by atoms with van der Waals surface area (Å²) in [5, 5.41) is 7.17. The molecule has 0 bridgehead atoms. The number of carbonyl (C=O) groups excluding carboxylic acids is 1. The van der Waals surface area contributed by atoms with Gasteiger partial charge < -0.3 is 24.7 Å². The van der Waals surface area contributed by atoms with Gasteiger partial charge in [-0.3, -0.25) is 4.79 Å². The summed E-state index contributed by atoms with van der Waals surface area (Å²) in [6, 6.07) is 8.12. The van der Waals surface area contributed by atoms with Crippen LogP contribution in [-0.4, -0.2) is 19.0 Å². The van der Waals surface area contributed by atoms with Crippen LogP contribution in [0.1, 0.15) is 51.0 Å². The number of carbonyl (C=O) groups is 1. The highest BCUT2D eigenvalue weighted by molar-refractivity contribution is 7.16. The van der Waals surface area contributed by atoms with E-state index in [4.69, 9.17) is 9.15 Å². The summed E-state index contributed by atoms with van der Waals surface area (Å²) < 4.78 is 49.9. The number of nitrogens with one attached hydrogen (secondary N) is 3. The third-order valence-corrected chi connectivity index (χ3v) is 7.18. The van der Waals surface area contributed by atoms with Crippen molar-refractivity contribution in [3.05, 3.63) is 69.5 Å². The molecule has 5 rings (SSSR count). The summed E-state index contributed by atoms with van der Waals surface area (Å²) in [5.41, 5.74) is 1.11. The number of thiophene rings is 1. The van der Waals surface area contributed by atoms with E-state index in [9.17, 15) is 18.0 Å². The van der Waals surface area contributed by atoms with Gasteiger partial charge in [0.15, 0.2) is 6.17 Å². The van der Waals surface area contributed by atoms with Crippen LogP contribution in [0.3, 0.4) is 0 Å². The number of rotatable bonds is 5. The Morgan fingerprint density at radius 3 is 2.88 bits per heavy atom. The summed E-state index contributed by atoms with van der Waals surface area (Å²) in [6.07, 6.45) is -4.07. The van der Waals surface area contributed by atoms with Crippen LogP contribution >= 0.6 is 11.3 Å². The van der Waals surface area contributed by atoms with Gasteiger partial charge in [-0.05, 0) is 42.8 Å². The highest BCUT2D eigenvalue weighted by Crippen LogP contribution is 2.39. The molecule has 6 nitrogen and oxygen atoms in total. The Morgan fingerprint density at radius 2 is 2.09 bits per heavy atom. The third-order valence-electron chi connectivity index (χ3n) is 6.02. The Kier molecular flexibility index (Phi) is 5.57. The second-order valence-corrected chi connectivity index (χ2v) is 9.26. The lowest BCUT2D eigenvalue weighted by Crippen LogP contribution is -3.11. The molecule has 10 heteroatoms. The van der Waals surface area contributed by atoms with Crippen molar-refractivity contribution >= 4 is 22.2 Å². The number of fused-ring (bicyclic) bond motifs is 3. The number of anilines is 1. The van der Waals surface area contributed by atoms with Crippen LogP contribution in [0.5, 0.6) is 5.75 Å². The van der Waals surface area contributed by atoms with Crippen molar-refractivity contribution in [2.24, 2.45) is 0 Å². The molecular weight excluding hydrogens is 455 g/mol. The first-order valence-electron chi connectivity index (χ1n) is 10.8. The number of furan rings is 1. The van der Waals surface area contributed by atoms with E-state index < -0.39 is 17.9 Å². The van der Waals surface area contributed by atoms with Crippen LogP contribution in [-0.2, 0) is 25.7 Å². The average molecular weight is 479 g/mol. The lowest BCUT2D eigenvalue weighted by molar-refractivity contribution is -0.913. The molecule has 3 N–H and O–H groups in total. The van der Waals surface area contributed by atoms with Gasteiger partial charge >= 0.3 is 6.18 Å². The van der Waals surface area contributed by atoms with Gasteiger partial charge in [0.25, 0.3) is 5.91 Å². The van der Waals surface area contributed by atoms with Gasteiger partial charge in [-0.25, -0.2) is 0 Å². The second-order valence-electron chi connectivity index (χ2n) is 8.16. The van der Waals surface area contributed by atoms with E-state index in [1.165, 1.54) is 21.9 Å². The molecule has 4 heterocycles. The fraction of sp³-hybridized carbons (Fsp3) is 0.348. The zero-order chi connectivity index (χ0) is 23.2. The topological polar surface area (TPSA) is 67.9 Å². The number of benzene rings is 1. The minimum absolute atomic E-state index is 0.0316. The van der Waals surface area contributed by atoms with Crippen molar-refractivity contribution in [3.8, 4) is 5.75 Å². The number of hydrogen-bond donors (Lipinski definition) is 3. The first kappa shape index (κ1) is 21.8. The molecule has 1 aromatic carbocycles. The molecular formula is C23H23F3N3O3S+. The van der Waals surface area contributed by atoms with Crippen LogP contribution in [0.15, 0.2) is 40.8 Å². The quantitative estimate of drug-likeness (QED) is 0.523. The minimum atomic E-state index is -4.43. The maximum absolute atomic E-state index is 12.9. The fourth-order valence-corrected chi connectivity index (χ4v) is 5.58. The molecule has 2 aromatic heterocycles. The van der Waals surface area contributed by atoms with Crippen LogP contribution < -0.4 is 20.3 Å². The van der Waals surface area contributed by atoms with E-state index in [1.54, 1.807) is 23.5 Å². The highest BCUT2D eigenvalue weighted by Gasteiger charge is 2.35. The Hall–Kier alpha value is -2.98. The molecule has 0 saturated carbocycles. The molecule has 1 amide bonds. The number of quaternary nitrogens is 1. The van der Waals surface area contributed by atoms with Gasteiger partial charge in [0.2, 0.25) is 0 Å². The first-order valence-corrected chi connectivity index (χ1v) is 11.6. The maximum atomic E-state index is 12.9. The fourth-order valence-electron chi connectivity index (χ4n) is 4.24. The van der Waals surface area contributed by atoms with Crippen molar-refractivity contribution in [2.75, 3.05) is 18.4 Å². The molecule has 0 radical (unpaired) electrons. The lowest BCUT2D eigenvalue weighted by Gasteiger charge is -2.25. The van der Waals surface area contributed by atoms with Gasteiger partial charge in [-0.2, -0.15) is 13.2 Å². The molecule has 0 fully saturated rings. The van der Waals surface area contributed by atoms with Crippen LogP contribution in [0.4, 0.5) is 18.2 Å².